The minimum atomic E-state index is -0.222. The molecule has 0 radical (unpaired) electrons. The number of anilines is 1. The second kappa shape index (κ2) is 10.2. The number of nitrogens with zero attached hydrogens (tertiary/aromatic N) is 5. The minimum Gasteiger partial charge on any atom is -0.393 e. The third kappa shape index (κ3) is 4.65. The van der Waals surface area contributed by atoms with Gasteiger partial charge in [-0.3, -0.25) is 4.57 Å². The highest BCUT2D eigenvalue weighted by Crippen LogP contribution is 2.36. The molecule has 4 aromatic rings. The molecule has 0 bridgehead atoms. The molecule has 3 aliphatic heterocycles. The van der Waals surface area contributed by atoms with E-state index in [1.807, 2.05) is 24.5 Å². The molecule has 3 aliphatic rings. The standard InChI is InChI=1S/C30H32FN5O.H2S/c31-25-3-1-22(2-4-25)23-16-29-30-32-10-14-36(30)28-6-5-26(15-24(28)20-35(29)19-23)34-13-7-21(18-34)17-33-11-8-27(37)9-12-33;/h1-6,10,14-16,19,21,27,37H,7-9,11-13,17-18,20H2;1H2/t21-;/m0./s1. The summed E-state index contributed by atoms with van der Waals surface area (Å²) in [6.07, 6.45) is 8.96. The lowest BCUT2D eigenvalue weighted by Gasteiger charge is -2.31. The number of aliphatic hydroxyl groups is 1. The van der Waals surface area contributed by atoms with Crippen LogP contribution in [0.5, 0.6) is 0 Å². The Morgan fingerprint density at radius 1 is 0.947 bits per heavy atom. The van der Waals surface area contributed by atoms with E-state index in [1.165, 1.54) is 35.5 Å². The second-order valence-corrected chi connectivity index (χ2v) is 10.8. The van der Waals surface area contributed by atoms with Gasteiger partial charge in [0.05, 0.1) is 17.5 Å². The maximum absolute atomic E-state index is 13.5. The molecule has 198 valence electrons. The number of halogens is 1. The molecular formula is C30H34FN5OS. The zero-order valence-corrected chi connectivity index (χ0v) is 22.4. The van der Waals surface area contributed by atoms with E-state index in [9.17, 15) is 9.50 Å². The highest BCUT2D eigenvalue weighted by Gasteiger charge is 2.28. The number of hydrogen-bond acceptors (Lipinski definition) is 4. The molecule has 2 aromatic heterocycles. The van der Waals surface area contributed by atoms with E-state index in [4.69, 9.17) is 4.98 Å². The monoisotopic (exact) mass is 531 g/mol. The number of fused-ring (bicyclic) bond motifs is 5. The number of rotatable bonds is 4. The second-order valence-electron chi connectivity index (χ2n) is 10.8. The van der Waals surface area contributed by atoms with Crippen LogP contribution in [0.4, 0.5) is 10.1 Å². The molecule has 2 aromatic carbocycles. The van der Waals surface area contributed by atoms with Crippen molar-refractivity contribution in [2.24, 2.45) is 5.92 Å². The number of aromatic nitrogens is 3. The normalized spacial score (nSPS) is 19.4. The van der Waals surface area contributed by atoms with Crippen molar-refractivity contribution in [2.75, 3.05) is 37.6 Å². The van der Waals surface area contributed by atoms with Gasteiger partial charge in [-0.05, 0) is 72.7 Å². The fraction of sp³-hybridized carbons (Fsp3) is 0.367. The Labute approximate surface area is 229 Å². The van der Waals surface area contributed by atoms with Crippen LogP contribution in [0, 0.1) is 11.7 Å². The van der Waals surface area contributed by atoms with Gasteiger partial charge in [-0.1, -0.05) is 12.1 Å². The number of hydrogen-bond donors (Lipinski definition) is 1. The Hall–Kier alpha value is -3.07. The van der Waals surface area contributed by atoms with Gasteiger partial charge in [-0.15, -0.1) is 0 Å². The number of likely N-dealkylation sites (tertiary alicyclic amines) is 1. The van der Waals surface area contributed by atoms with E-state index >= 15 is 0 Å². The molecule has 6 nitrogen and oxygen atoms in total. The molecule has 1 atom stereocenters. The SMILES string of the molecule is OC1CCN(C[C@@H]2CCN(c3ccc4c(c3)Cn3cc(-c5ccc(F)cc5)cc3-c3nccn3-4)C2)CC1.S. The van der Waals surface area contributed by atoms with E-state index in [0.717, 1.165) is 74.8 Å². The largest absolute Gasteiger partial charge is 0.393 e. The predicted octanol–water partition coefficient (Wildman–Crippen LogP) is 4.90. The van der Waals surface area contributed by atoms with E-state index in [-0.39, 0.29) is 25.4 Å². The summed E-state index contributed by atoms with van der Waals surface area (Å²) in [6, 6.07) is 15.7. The molecule has 0 unspecified atom stereocenters. The number of benzene rings is 2. The van der Waals surface area contributed by atoms with Gasteiger partial charge in [0.2, 0.25) is 0 Å². The van der Waals surface area contributed by atoms with Gasteiger partial charge < -0.3 is 19.5 Å². The molecule has 1 N–H and O–H groups in total. The average molecular weight is 532 g/mol. The van der Waals surface area contributed by atoms with Crippen LogP contribution in [0.25, 0.3) is 28.3 Å². The van der Waals surface area contributed by atoms with Crippen LogP contribution in [0.1, 0.15) is 24.8 Å². The van der Waals surface area contributed by atoms with Gasteiger partial charge in [0.25, 0.3) is 0 Å². The van der Waals surface area contributed by atoms with Crippen molar-refractivity contribution in [3.8, 4) is 28.3 Å². The van der Waals surface area contributed by atoms with Crippen molar-refractivity contribution in [2.45, 2.75) is 31.9 Å². The number of aliphatic hydroxyl groups excluding tert-OH is 1. The third-order valence-electron chi connectivity index (χ3n) is 8.33. The highest BCUT2D eigenvalue weighted by molar-refractivity contribution is 7.59. The highest BCUT2D eigenvalue weighted by atomic mass is 32.1. The first-order valence-corrected chi connectivity index (χ1v) is 13.4. The lowest BCUT2D eigenvalue weighted by Crippen LogP contribution is -2.39. The van der Waals surface area contributed by atoms with Crippen LogP contribution in [0.15, 0.2) is 67.1 Å². The van der Waals surface area contributed by atoms with Gasteiger partial charge in [0.1, 0.15) is 5.82 Å². The van der Waals surface area contributed by atoms with Gasteiger partial charge in [-0.25, -0.2) is 9.37 Å². The first-order chi connectivity index (χ1) is 18.1. The quantitative estimate of drug-likeness (QED) is 0.358. The molecule has 0 saturated carbocycles. The van der Waals surface area contributed by atoms with Gasteiger partial charge >= 0.3 is 0 Å². The topological polar surface area (TPSA) is 49.5 Å². The third-order valence-corrected chi connectivity index (χ3v) is 8.33. The molecule has 7 rings (SSSR count). The van der Waals surface area contributed by atoms with Gasteiger partial charge in [0, 0.05) is 69.1 Å². The number of imidazole rings is 1. The molecule has 0 aliphatic carbocycles. The van der Waals surface area contributed by atoms with Crippen LogP contribution < -0.4 is 4.90 Å². The molecule has 8 heteroatoms. The fourth-order valence-corrected chi connectivity index (χ4v) is 6.31. The zero-order chi connectivity index (χ0) is 24.9. The Morgan fingerprint density at radius 2 is 1.76 bits per heavy atom. The molecule has 0 spiro atoms. The van der Waals surface area contributed by atoms with Crippen molar-refractivity contribution < 1.29 is 9.50 Å². The summed E-state index contributed by atoms with van der Waals surface area (Å²) < 4.78 is 17.9. The molecule has 2 saturated heterocycles. The Kier molecular flexibility index (Phi) is 6.80. The fourth-order valence-electron chi connectivity index (χ4n) is 6.31. The molecule has 5 heterocycles. The first kappa shape index (κ1) is 25.2. The summed E-state index contributed by atoms with van der Waals surface area (Å²) in [4.78, 5) is 9.76. The van der Waals surface area contributed by atoms with E-state index in [1.54, 1.807) is 0 Å². The van der Waals surface area contributed by atoms with Gasteiger partial charge in [0.15, 0.2) is 5.82 Å². The maximum atomic E-state index is 13.5. The summed E-state index contributed by atoms with van der Waals surface area (Å²) in [5.41, 5.74) is 6.86. The minimum absolute atomic E-state index is 0. The summed E-state index contributed by atoms with van der Waals surface area (Å²) in [6.45, 7) is 6.09. The van der Waals surface area contributed by atoms with Crippen LogP contribution >= 0.6 is 13.5 Å². The molecular weight excluding hydrogens is 497 g/mol. The summed E-state index contributed by atoms with van der Waals surface area (Å²) >= 11 is 0. The summed E-state index contributed by atoms with van der Waals surface area (Å²) in [5.74, 6) is 1.37. The smallest absolute Gasteiger partial charge is 0.161 e. The number of piperidine rings is 1. The lowest BCUT2D eigenvalue weighted by molar-refractivity contribution is 0.0762. The predicted molar refractivity (Wildman–Crippen MR) is 154 cm³/mol. The van der Waals surface area contributed by atoms with Crippen molar-refractivity contribution in [1.82, 2.24) is 19.0 Å². The Bertz CT molecular complexity index is 1420. The Morgan fingerprint density at radius 3 is 2.58 bits per heavy atom. The molecule has 0 amide bonds. The average Bonchev–Trinajstić information content (AvgIpc) is 3.65. The molecule has 2 fully saturated rings. The van der Waals surface area contributed by atoms with E-state index in [0.29, 0.717) is 5.92 Å². The van der Waals surface area contributed by atoms with Crippen LogP contribution in [-0.4, -0.2) is 63.0 Å². The van der Waals surface area contributed by atoms with Crippen LogP contribution in [0.3, 0.4) is 0 Å². The zero-order valence-electron chi connectivity index (χ0n) is 21.4. The van der Waals surface area contributed by atoms with E-state index in [2.05, 4.69) is 49.4 Å². The van der Waals surface area contributed by atoms with Crippen molar-refractivity contribution >= 4 is 19.2 Å². The molecule has 38 heavy (non-hydrogen) atoms. The Balaban J connectivity index is 0.00000264. The van der Waals surface area contributed by atoms with Crippen LogP contribution in [-0.2, 0) is 6.54 Å². The first-order valence-electron chi connectivity index (χ1n) is 13.4. The summed E-state index contributed by atoms with van der Waals surface area (Å²) in [5, 5.41) is 9.82. The summed E-state index contributed by atoms with van der Waals surface area (Å²) in [7, 11) is 0. The van der Waals surface area contributed by atoms with Crippen molar-refractivity contribution in [3.05, 3.63) is 78.5 Å². The van der Waals surface area contributed by atoms with Crippen molar-refractivity contribution in [1.29, 1.82) is 0 Å². The van der Waals surface area contributed by atoms with Gasteiger partial charge in [-0.2, -0.15) is 13.5 Å². The maximum Gasteiger partial charge on any atom is 0.161 e. The van der Waals surface area contributed by atoms with Crippen molar-refractivity contribution in [3.63, 3.8) is 0 Å². The lowest BCUT2D eigenvalue weighted by atomic mass is 10.0. The van der Waals surface area contributed by atoms with E-state index < -0.39 is 0 Å². The van der Waals surface area contributed by atoms with Crippen LogP contribution in [0.2, 0.25) is 0 Å².